The Labute approximate surface area is 97.2 Å². The topological polar surface area (TPSA) is 60.8 Å². The standard InChI is InChI=1S/C12H8N4O/c1-4-15-12(16-5-1)17-9-2-3-10-11(8-9)14-7-6-13-10/h1-8H. The van der Waals surface area contributed by atoms with Crippen LogP contribution in [0.1, 0.15) is 0 Å². The van der Waals surface area contributed by atoms with Crippen LogP contribution in [0.3, 0.4) is 0 Å². The van der Waals surface area contributed by atoms with E-state index in [1.54, 1.807) is 36.9 Å². The Bertz CT molecular complexity index is 642. The first kappa shape index (κ1) is 9.65. The first-order valence-electron chi connectivity index (χ1n) is 5.07. The number of benzene rings is 1. The molecule has 0 aliphatic heterocycles. The van der Waals surface area contributed by atoms with Crippen molar-refractivity contribution in [1.82, 2.24) is 19.9 Å². The Morgan fingerprint density at radius 1 is 0.765 bits per heavy atom. The Hall–Kier alpha value is -2.56. The first-order chi connectivity index (χ1) is 8.42. The van der Waals surface area contributed by atoms with Crippen molar-refractivity contribution < 1.29 is 4.74 Å². The number of rotatable bonds is 2. The molecule has 0 saturated carbocycles. The average molecular weight is 224 g/mol. The quantitative estimate of drug-likeness (QED) is 0.667. The molecule has 0 bridgehead atoms. The van der Waals surface area contributed by atoms with Crippen LogP contribution >= 0.6 is 0 Å². The van der Waals surface area contributed by atoms with Gasteiger partial charge in [0.15, 0.2) is 0 Å². The van der Waals surface area contributed by atoms with Crippen molar-refractivity contribution in [3.63, 3.8) is 0 Å². The van der Waals surface area contributed by atoms with Crippen LogP contribution in [0.5, 0.6) is 11.8 Å². The molecule has 0 saturated heterocycles. The van der Waals surface area contributed by atoms with Crippen LogP contribution in [0, 0.1) is 0 Å². The van der Waals surface area contributed by atoms with Crippen molar-refractivity contribution in [2.24, 2.45) is 0 Å². The molecule has 0 aliphatic carbocycles. The van der Waals surface area contributed by atoms with Gasteiger partial charge in [-0.1, -0.05) is 0 Å². The van der Waals surface area contributed by atoms with Gasteiger partial charge in [0, 0.05) is 30.9 Å². The zero-order valence-electron chi connectivity index (χ0n) is 8.82. The summed E-state index contributed by atoms with van der Waals surface area (Å²) in [5.41, 5.74) is 1.61. The monoisotopic (exact) mass is 224 g/mol. The summed E-state index contributed by atoms with van der Waals surface area (Å²) in [6.45, 7) is 0. The fourth-order valence-electron chi connectivity index (χ4n) is 1.45. The molecule has 5 heteroatoms. The number of hydrogen-bond donors (Lipinski definition) is 0. The molecule has 2 aromatic heterocycles. The fourth-order valence-corrected chi connectivity index (χ4v) is 1.45. The summed E-state index contributed by atoms with van der Waals surface area (Å²) in [7, 11) is 0. The van der Waals surface area contributed by atoms with Gasteiger partial charge in [0.1, 0.15) is 5.75 Å². The summed E-state index contributed by atoms with van der Waals surface area (Å²) in [5, 5.41) is 0. The van der Waals surface area contributed by atoms with E-state index in [0.29, 0.717) is 11.8 Å². The Morgan fingerprint density at radius 3 is 2.35 bits per heavy atom. The second-order valence-electron chi connectivity index (χ2n) is 3.34. The fraction of sp³-hybridized carbons (Fsp3) is 0. The van der Waals surface area contributed by atoms with Crippen molar-refractivity contribution in [3.8, 4) is 11.8 Å². The van der Waals surface area contributed by atoms with E-state index in [1.807, 2.05) is 12.1 Å². The molecule has 3 aromatic rings. The Morgan fingerprint density at radius 2 is 1.53 bits per heavy atom. The van der Waals surface area contributed by atoms with Gasteiger partial charge in [-0.15, -0.1) is 0 Å². The van der Waals surface area contributed by atoms with Crippen molar-refractivity contribution >= 4 is 11.0 Å². The van der Waals surface area contributed by atoms with Crippen LogP contribution in [0.15, 0.2) is 49.1 Å². The molecule has 3 rings (SSSR count). The molecule has 2 heterocycles. The van der Waals surface area contributed by atoms with E-state index < -0.39 is 0 Å². The zero-order chi connectivity index (χ0) is 11.5. The predicted octanol–water partition coefficient (Wildman–Crippen LogP) is 2.21. The third-order valence-electron chi connectivity index (χ3n) is 2.19. The zero-order valence-corrected chi connectivity index (χ0v) is 8.82. The normalized spacial score (nSPS) is 10.4. The molecule has 0 radical (unpaired) electrons. The van der Waals surface area contributed by atoms with Gasteiger partial charge in [-0.25, -0.2) is 9.97 Å². The lowest BCUT2D eigenvalue weighted by Crippen LogP contribution is -1.90. The van der Waals surface area contributed by atoms with Crippen molar-refractivity contribution in [3.05, 3.63) is 49.1 Å². The van der Waals surface area contributed by atoms with Gasteiger partial charge >= 0.3 is 6.01 Å². The number of aromatic nitrogens is 4. The lowest BCUT2D eigenvalue weighted by atomic mass is 10.3. The van der Waals surface area contributed by atoms with E-state index in [2.05, 4.69) is 19.9 Å². The summed E-state index contributed by atoms with van der Waals surface area (Å²) >= 11 is 0. The molecule has 1 aromatic carbocycles. The summed E-state index contributed by atoms with van der Waals surface area (Å²) in [4.78, 5) is 16.3. The maximum Gasteiger partial charge on any atom is 0.321 e. The minimum Gasteiger partial charge on any atom is -0.424 e. The summed E-state index contributed by atoms with van der Waals surface area (Å²) in [5.74, 6) is 0.643. The summed E-state index contributed by atoms with van der Waals surface area (Å²) in [6.07, 6.45) is 6.56. The minimum atomic E-state index is 0.316. The lowest BCUT2D eigenvalue weighted by molar-refractivity contribution is 0.442. The van der Waals surface area contributed by atoms with Crippen molar-refractivity contribution in [2.45, 2.75) is 0 Å². The number of fused-ring (bicyclic) bond motifs is 1. The van der Waals surface area contributed by atoms with E-state index in [-0.39, 0.29) is 0 Å². The first-order valence-corrected chi connectivity index (χ1v) is 5.07. The maximum atomic E-state index is 5.50. The Balaban J connectivity index is 1.96. The second kappa shape index (κ2) is 4.13. The molecule has 0 unspecified atom stereocenters. The predicted molar refractivity (Wildman–Crippen MR) is 61.6 cm³/mol. The smallest absolute Gasteiger partial charge is 0.321 e. The van der Waals surface area contributed by atoms with Crippen LogP contribution in [-0.4, -0.2) is 19.9 Å². The van der Waals surface area contributed by atoms with Crippen LogP contribution in [0.2, 0.25) is 0 Å². The van der Waals surface area contributed by atoms with E-state index in [0.717, 1.165) is 11.0 Å². The molecule has 0 fully saturated rings. The van der Waals surface area contributed by atoms with Gasteiger partial charge in [0.2, 0.25) is 0 Å². The van der Waals surface area contributed by atoms with Crippen LogP contribution < -0.4 is 4.74 Å². The van der Waals surface area contributed by atoms with Gasteiger partial charge in [0.25, 0.3) is 0 Å². The highest BCUT2D eigenvalue weighted by Crippen LogP contribution is 2.20. The summed E-state index contributed by atoms with van der Waals surface area (Å²) in [6, 6.07) is 7.52. The van der Waals surface area contributed by atoms with E-state index >= 15 is 0 Å². The van der Waals surface area contributed by atoms with Crippen molar-refractivity contribution in [1.29, 1.82) is 0 Å². The minimum absolute atomic E-state index is 0.316. The van der Waals surface area contributed by atoms with Gasteiger partial charge in [-0.2, -0.15) is 0 Å². The molecule has 17 heavy (non-hydrogen) atoms. The molecule has 0 spiro atoms. The molecule has 82 valence electrons. The van der Waals surface area contributed by atoms with Gasteiger partial charge in [-0.3, -0.25) is 9.97 Å². The Kier molecular flexibility index (Phi) is 2.34. The van der Waals surface area contributed by atoms with E-state index in [9.17, 15) is 0 Å². The van der Waals surface area contributed by atoms with Crippen LogP contribution in [0.25, 0.3) is 11.0 Å². The number of ether oxygens (including phenoxy) is 1. The highest BCUT2D eigenvalue weighted by Gasteiger charge is 2.01. The van der Waals surface area contributed by atoms with E-state index in [1.165, 1.54) is 0 Å². The highest BCUT2D eigenvalue weighted by molar-refractivity contribution is 5.75. The highest BCUT2D eigenvalue weighted by atomic mass is 16.5. The molecule has 5 nitrogen and oxygen atoms in total. The van der Waals surface area contributed by atoms with Gasteiger partial charge in [-0.05, 0) is 18.2 Å². The molecule has 0 N–H and O–H groups in total. The van der Waals surface area contributed by atoms with Gasteiger partial charge < -0.3 is 4.74 Å². The average Bonchev–Trinajstić information content (AvgIpc) is 2.40. The third-order valence-corrected chi connectivity index (χ3v) is 2.19. The largest absolute Gasteiger partial charge is 0.424 e. The van der Waals surface area contributed by atoms with Crippen LogP contribution in [-0.2, 0) is 0 Å². The van der Waals surface area contributed by atoms with Gasteiger partial charge in [0.05, 0.1) is 11.0 Å². The molecular formula is C12H8N4O. The molecular weight excluding hydrogens is 216 g/mol. The summed E-state index contributed by atoms with van der Waals surface area (Å²) < 4.78 is 5.50. The lowest BCUT2D eigenvalue weighted by Gasteiger charge is -2.03. The SMILES string of the molecule is c1cnc(Oc2ccc3nccnc3c2)nc1. The maximum absolute atomic E-state index is 5.50. The third kappa shape index (κ3) is 2.03. The molecule has 0 aliphatic rings. The van der Waals surface area contributed by atoms with Crippen molar-refractivity contribution in [2.75, 3.05) is 0 Å². The number of nitrogens with zero attached hydrogens (tertiary/aromatic N) is 4. The second-order valence-corrected chi connectivity index (χ2v) is 3.34. The number of hydrogen-bond acceptors (Lipinski definition) is 5. The molecule has 0 amide bonds. The molecule has 0 atom stereocenters. The van der Waals surface area contributed by atoms with Crippen LogP contribution in [0.4, 0.5) is 0 Å². The van der Waals surface area contributed by atoms with E-state index in [4.69, 9.17) is 4.74 Å².